The maximum atomic E-state index is 12.8. The molecule has 41 heavy (non-hydrogen) atoms. The number of carbonyl (C=O) groups is 1. The minimum atomic E-state index is -0.614. The van der Waals surface area contributed by atoms with Gasteiger partial charge in [0.2, 0.25) is 0 Å². The van der Waals surface area contributed by atoms with E-state index in [2.05, 4.69) is 29.2 Å². The highest BCUT2D eigenvalue weighted by Gasteiger charge is 2.38. The smallest absolute Gasteiger partial charge is 0.255 e. The van der Waals surface area contributed by atoms with Crippen LogP contribution in [0, 0.1) is 5.92 Å². The Labute approximate surface area is 241 Å². The molecule has 212 valence electrons. The molecule has 4 atom stereocenters. The quantitative estimate of drug-likeness (QED) is 0.260. The summed E-state index contributed by atoms with van der Waals surface area (Å²) in [6.07, 6.45) is 1.75. The van der Waals surface area contributed by atoms with E-state index in [0.717, 1.165) is 41.9 Å². The minimum absolute atomic E-state index is 0.00171. The van der Waals surface area contributed by atoms with Gasteiger partial charge in [0.15, 0.2) is 6.29 Å². The van der Waals surface area contributed by atoms with Crippen LogP contribution in [-0.2, 0) is 22.5 Å². The van der Waals surface area contributed by atoms with Crippen LogP contribution in [0.5, 0.6) is 0 Å². The van der Waals surface area contributed by atoms with Crippen molar-refractivity contribution in [2.24, 2.45) is 5.92 Å². The van der Waals surface area contributed by atoms with E-state index >= 15 is 0 Å². The molecule has 2 N–H and O–H groups in total. The first-order valence-electron chi connectivity index (χ1n) is 14.1. The fourth-order valence-corrected chi connectivity index (χ4v) is 5.13. The molecule has 1 aliphatic rings. The minimum Gasteiger partial charge on any atom is -0.392 e. The second-order valence-corrected chi connectivity index (χ2v) is 10.6. The predicted octanol–water partition coefficient (Wildman–Crippen LogP) is 5.79. The molecule has 2 heterocycles. The molecule has 7 heteroatoms. The summed E-state index contributed by atoms with van der Waals surface area (Å²) in [6, 6.07) is 30.7. The Kier molecular flexibility index (Phi) is 9.54. The average molecular weight is 552 g/mol. The number of amides is 1. The van der Waals surface area contributed by atoms with Gasteiger partial charge in [0.1, 0.15) is 0 Å². The van der Waals surface area contributed by atoms with Crippen LogP contribution in [0.15, 0.2) is 103 Å². The summed E-state index contributed by atoms with van der Waals surface area (Å²) in [5, 5.41) is 12.5. The van der Waals surface area contributed by atoms with E-state index in [-0.39, 0.29) is 30.6 Å². The molecule has 1 amide bonds. The predicted molar refractivity (Wildman–Crippen MR) is 159 cm³/mol. The van der Waals surface area contributed by atoms with Gasteiger partial charge in [-0.1, -0.05) is 67.6 Å². The highest BCUT2D eigenvalue weighted by Crippen LogP contribution is 2.42. The molecular weight excluding hydrogens is 514 g/mol. The molecule has 0 spiro atoms. The first-order valence-corrected chi connectivity index (χ1v) is 14.1. The lowest BCUT2D eigenvalue weighted by molar-refractivity contribution is -0.275. The van der Waals surface area contributed by atoms with Crippen molar-refractivity contribution in [1.29, 1.82) is 0 Å². The summed E-state index contributed by atoms with van der Waals surface area (Å²) in [4.78, 5) is 19.5. The van der Waals surface area contributed by atoms with Crippen LogP contribution in [0.4, 0.5) is 5.69 Å². The molecule has 1 aliphatic heterocycles. The summed E-state index contributed by atoms with van der Waals surface area (Å²) in [5.74, 6) is -0.0967. The number of hydrogen-bond donors (Lipinski definition) is 2. The second-order valence-electron chi connectivity index (χ2n) is 10.6. The van der Waals surface area contributed by atoms with Crippen LogP contribution in [0.3, 0.4) is 0 Å². The highest BCUT2D eigenvalue weighted by molar-refractivity contribution is 6.04. The number of ether oxygens (including phenoxy) is 2. The molecule has 5 rings (SSSR count). The number of pyridine rings is 1. The van der Waals surface area contributed by atoms with Crippen molar-refractivity contribution in [3.8, 4) is 0 Å². The topological polar surface area (TPSA) is 83.9 Å². The Bertz CT molecular complexity index is 1400. The van der Waals surface area contributed by atoms with Crippen LogP contribution in [0.1, 0.15) is 52.1 Å². The van der Waals surface area contributed by atoms with Crippen LogP contribution in [0.2, 0.25) is 0 Å². The van der Waals surface area contributed by atoms with Crippen molar-refractivity contribution < 1.29 is 19.4 Å². The Balaban J connectivity index is 1.35. The van der Waals surface area contributed by atoms with E-state index in [1.807, 2.05) is 91.1 Å². The fraction of sp³-hybridized carbons (Fsp3) is 0.294. The number of likely N-dealkylation sites (N-methyl/N-ethyl adjacent to an activating group) is 1. The van der Waals surface area contributed by atoms with Gasteiger partial charge < -0.3 is 24.8 Å². The Morgan fingerprint density at radius 1 is 0.927 bits per heavy atom. The molecule has 4 unspecified atom stereocenters. The largest absolute Gasteiger partial charge is 0.392 e. The molecular formula is C34H37N3O4. The molecule has 1 saturated heterocycles. The summed E-state index contributed by atoms with van der Waals surface area (Å²) < 4.78 is 13.2. The molecule has 1 aromatic heterocycles. The maximum Gasteiger partial charge on any atom is 0.255 e. The number of carbonyl (C=O) groups excluding carboxylic acids is 1. The average Bonchev–Trinajstić information content (AvgIpc) is 3.02. The Morgan fingerprint density at radius 3 is 2.44 bits per heavy atom. The number of nitrogens with one attached hydrogen (secondary N) is 1. The van der Waals surface area contributed by atoms with Crippen molar-refractivity contribution in [3.05, 3.63) is 131 Å². The molecule has 7 nitrogen and oxygen atoms in total. The van der Waals surface area contributed by atoms with E-state index in [0.29, 0.717) is 11.3 Å². The van der Waals surface area contributed by atoms with Crippen LogP contribution in [0.25, 0.3) is 0 Å². The first kappa shape index (κ1) is 28.6. The van der Waals surface area contributed by atoms with Gasteiger partial charge in [-0.3, -0.25) is 9.78 Å². The summed E-state index contributed by atoms with van der Waals surface area (Å²) >= 11 is 0. The van der Waals surface area contributed by atoms with E-state index in [1.165, 1.54) is 0 Å². The van der Waals surface area contributed by atoms with Crippen molar-refractivity contribution in [1.82, 2.24) is 9.88 Å². The number of nitrogens with zero attached hydrogens (tertiary/aromatic N) is 2. The zero-order valence-corrected chi connectivity index (χ0v) is 23.5. The molecule has 3 aromatic carbocycles. The molecule has 0 bridgehead atoms. The second kappa shape index (κ2) is 13.7. The zero-order valence-electron chi connectivity index (χ0n) is 23.5. The van der Waals surface area contributed by atoms with Gasteiger partial charge in [-0.15, -0.1) is 0 Å². The summed E-state index contributed by atoms with van der Waals surface area (Å²) in [7, 11) is 2.11. The van der Waals surface area contributed by atoms with Crippen LogP contribution in [-0.4, -0.2) is 47.1 Å². The lowest BCUT2D eigenvalue weighted by Crippen LogP contribution is -2.44. The zero-order chi connectivity index (χ0) is 28.6. The lowest BCUT2D eigenvalue weighted by Gasteiger charge is -2.42. The van der Waals surface area contributed by atoms with E-state index < -0.39 is 6.29 Å². The van der Waals surface area contributed by atoms with Crippen molar-refractivity contribution in [2.75, 3.05) is 25.5 Å². The van der Waals surface area contributed by atoms with E-state index in [1.54, 1.807) is 12.1 Å². The number of aromatic nitrogens is 1. The Morgan fingerprint density at radius 2 is 1.71 bits per heavy atom. The monoisotopic (exact) mass is 551 g/mol. The van der Waals surface area contributed by atoms with E-state index in [9.17, 15) is 9.90 Å². The van der Waals surface area contributed by atoms with Gasteiger partial charge in [0.25, 0.3) is 5.91 Å². The SMILES string of the molecule is CC1C(CN(C)CCc2ccccn2)OC(c2cccc(NC(=O)c3ccccc3)c2)OC1c1ccc(CO)cc1. The molecule has 0 aliphatic carbocycles. The normalized spacial score (nSPS) is 20.6. The molecule has 1 fully saturated rings. The van der Waals surface area contributed by atoms with Crippen molar-refractivity contribution >= 4 is 11.6 Å². The van der Waals surface area contributed by atoms with Gasteiger partial charge >= 0.3 is 0 Å². The number of anilines is 1. The van der Waals surface area contributed by atoms with Gasteiger partial charge in [0, 0.05) is 54.1 Å². The third-order valence-corrected chi connectivity index (χ3v) is 7.54. The van der Waals surface area contributed by atoms with Gasteiger partial charge in [-0.05, 0) is 54.6 Å². The van der Waals surface area contributed by atoms with Gasteiger partial charge in [0.05, 0.1) is 18.8 Å². The number of aliphatic hydroxyl groups excluding tert-OH is 1. The molecule has 0 saturated carbocycles. The number of rotatable bonds is 10. The van der Waals surface area contributed by atoms with Crippen molar-refractivity contribution in [3.63, 3.8) is 0 Å². The summed E-state index contributed by atoms with van der Waals surface area (Å²) in [5.41, 5.74) is 5.07. The number of aliphatic hydroxyl groups is 1. The molecule has 0 radical (unpaired) electrons. The Hall–Kier alpha value is -3.88. The van der Waals surface area contributed by atoms with E-state index in [4.69, 9.17) is 9.47 Å². The van der Waals surface area contributed by atoms with Gasteiger partial charge in [-0.25, -0.2) is 0 Å². The van der Waals surface area contributed by atoms with Crippen molar-refractivity contribution in [2.45, 2.75) is 38.4 Å². The third-order valence-electron chi connectivity index (χ3n) is 7.54. The highest BCUT2D eigenvalue weighted by atomic mass is 16.7. The van der Waals surface area contributed by atoms with Gasteiger partial charge in [-0.2, -0.15) is 0 Å². The lowest BCUT2D eigenvalue weighted by atomic mass is 9.90. The fourth-order valence-electron chi connectivity index (χ4n) is 5.13. The third kappa shape index (κ3) is 7.45. The maximum absolute atomic E-state index is 12.8. The first-order chi connectivity index (χ1) is 20.0. The molecule has 4 aromatic rings. The standard InChI is InChI=1S/C34H37N3O4/c1-24-31(22-37(2)20-18-29-12-6-7-19-35-29)40-34(41-32(24)26-16-14-25(23-38)15-17-26)28-11-8-13-30(21-28)36-33(39)27-9-4-3-5-10-27/h3-17,19,21,24,31-32,34,38H,18,20,22-23H2,1-2H3,(H,36,39). The number of benzene rings is 3. The van der Waals surface area contributed by atoms with Crippen LogP contribution < -0.4 is 5.32 Å². The van der Waals surface area contributed by atoms with Crippen LogP contribution >= 0.6 is 0 Å². The summed E-state index contributed by atoms with van der Waals surface area (Å²) in [6.45, 7) is 3.74. The number of hydrogen-bond acceptors (Lipinski definition) is 6.